The van der Waals surface area contributed by atoms with Crippen LogP contribution in [-0.2, 0) is 9.59 Å². The summed E-state index contributed by atoms with van der Waals surface area (Å²) in [7, 11) is 0. The molecule has 106 valence electrons. The van der Waals surface area contributed by atoms with Gasteiger partial charge in [0, 0.05) is 6.42 Å². The average molecular weight is 282 g/mol. The van der Waals surface area contributed by atoms with Crippen molar-refractivity contribution in [2.45, 2.75) is 58.4 Å². The van der Waals surface area contributed by atoms with Crippen molar-refractivity contribution in [1.82, 2.24) is 4.90 Å². The third-order valence-electron chi connectivity index (χ3n) is 4.44. The predicted octanol–water partition coefficient (Wildman–Crippen LogP) is 2.01. The normalized spacial score (nSPS) is 24.3. The molecule has 19 heavy (non-hydrogen) atoms. The fourth-order valence-electron chi connectivity index (χ4n) is 3.47. The van der Waals surface area contributed by atoms with Crippen molar-refractivity contribution < 1.29 is 9.59 Å². The summed E-state index contributed by atoms with van der Waals surface area (Å²) in [5, 5.41) is 0. The molecule has 2 aliphatic rings. The quantitative estimate of drug-likeness (QED) is 0.635. The monoisotopic (exact) mass is 282 g/mol. The Bertz CT molecular complexity index is 414. The third kappa shape index (κ3) is 2.40. The zero-order valence-corrected chi connectivity index (χ0v) is 12.5. The number of amides is 2. The lowest BCUT2D eigenvalue weighted by molar-refractivity contribution is -0.144. The van der Waals surface area contributed by atoms with Gasteiger partial charge >= 0.3 is 0 Å². The number of imide groups is 1. The van der Waals surface area contributed by atoms with Gasteiger partial charge in [0.05, 0.1) is 16.4 Å². The average Bonchev–Trinajstić information content (AvgIpc) is 2.54. The van der Waals surface area contributed by atoms with Crippen LogP contribution in [0.4, 0.5) is 0 Å². The fraction of sp³-hybridized carbons (Fsp3) is 0.786. The molecule has 2 rings (SSSR count). The Morgan fingerprint density at radius 2 is 1.84 bits per heavy atom. The summed E-state index contributed by atoms with van der Waals surface area (Å²) in [4.78, 5) is 26.6. The molecule has 4 nitrogen and oxygen atoms in total. The van der Waals surface area contributed by atoms with Crippen LogP contribution in [0.2, 0.25) is 0 Å². The molecule has 5 heteroatoms. The summed E-state index contributed by atoms with van der Waals surface area (Å²) >= 11 is 5.06. The highest BCUT2D eigenvalue weighted by Crippen LogP contribution is 2.46. The van der Waals surface area contributed by atoms with E-state index in [1.54, 1.807) is 0 Å². The lowest BCUT2D eigenvalue weighted by atomic mass is 9.73. The molecule has 1 aliphatic carbocycles. The minimum Gasteiger partial charge on any atom is -0.392 e. The SMILES string of the molecule is CC(C)C(C(N)=S)N1C(=O)CC2(CCCCC2)C1=O. The smallest absolute Gasteiger partial charge is 0.236 e. The van der Waals surface area contributed by atoms with Gasteiger partial charge in [0.25, 0.3) is 0 Å². The van der Waals surface area contributed by atoms with E-state index in [1.807, 2.05) is 13.8 Å². The molecule has 0 aromatic rings. The number of nitrogens with two attached hydrogens (primary N) is 1. The van der Waals surface area contributed by atoms with Gasteiger partial charge in [0.15, 0.2) is 0 Å². The molecule has 2 fully saturated rings. The summed E-state index contributed by atoms with van der Waals surface area (Å²) in [6, 6.07) is -0.434. The first-order valence-electron chi connectivity index (χ1n) is 7.05. The minimum atomic E-state index is -0.451. The molecule has 1 atom stereocenters. The standard InChI is InChI=1S/C14H22N2O2S/c1-9(2)11(12(15)19)16-10(17)8-14(13(16)18)6-4-3-5-7-14/h9,11H,3-8H2,1-2H3,(H2,15,19). The van der Waals surface area contributed by atoms with Crippen LogP contribution in [0.5, 0.6) is 0 Å². The molecular formula is C14H22N2O2S. The topological polar surface area (TPSA) is 63.4 Å². The molecule has 1 aliphatic heterocycles. The Morgan fingerprint density at radius 1 is 1.26 bits per heavy atom. The van der Waals surface area contributed by atoms with Crippen molar-refractivity contribution in [3.8, 4) is 0 Å². The molecule has 0 aromatic carbocycles. The Kier molecular flexibility index (Phi) is 3.95. The first-order chi connectivity index (χ1) is 8.89. The van der Waals surface area contributed by atoms with E-state index in [1.165, 1.54) is 4.90 Å². The van der Waals surface area contributed by atoms with Gasteiger partial charge in [0.1, 0.15) is 0 Å². The molecule has 1 saturated heterocycles. The Labute approximate surface area is 119 Å². The molecule has 1 spiro atoms. The van der Waals surface area contributed by atoms with Gasteiger partial charge in [-0.3, -0.25) is 14.5 Å². The van der Waals surface area contributed by atoms with Gasteiger partial charge in [-0.15, -0.1) is 0 Å². The van der Waals surface area contributed by atoms with Crippen LogP contribution in [0.15, 0.2) is 0 Å². The number of rotatable bonds is 3. The van der Waals surface area contributed by atoms with Crippen LogP contribution >= 0.6 is 12.2 Å². The number of likely N-dealkylation sites (tertiary alicyclic amines) is 1. The van der Waals surface area contributed by atoms with Crippen LogP contribution in [0.1, 0.15) is 52.4 Å². The molecule has 1 unspecified atom stereocenters. The number of carbonyl (C=O) groups excluding carboxylic acids is 2. The summed E-state index contributed by atoms with van der Waals surface area (Å²) in [6.45, 7) is 3.88. The summed E-state index contributed by atoms with van der Waals surface area (Å²) < 4.78 is 0. The van der Waals surface area contributed by atoms with Gasteiger partial charge in [-0.05, 0) is 18.8 Å². The largest absolute Gasteiger partial charge is 0.392 e. The van der Waals surface area contributed by atoms with Gasteiger partial charge in [-0.2, -0.15) is 0 Å². The van der Waals surface area contributed by atoms with Crippen molar-refractivity contribution in [3.63, 3.8) is 0 Å². The van der Waals surface area contributed by atoms with Gasteiger partial charge < -0.3 is 5.73 Å². The van der Waals surface area contributed by atoms with E-state index in [4.69, 9.17) is 18.0 Å². The molecular weight excluding hydrogens is 260 g/mol. The first-order valence-corrected chi connectivity index (χ1v) is 7.46. The predicted molar refractivity (Wildman–Crippen MR) is 77.4 cm³/mol. The van der Waals surface area contributed by atoms with Crippen LogP contribution in [0.25, 0.3) is 0 Å². The number of thiocarbonyl (C=S) groups is 1. The summed E-state index contributed by atoms with van der Waals surface area (Å²) in [5.41, 5.74) is 5.29. The Hall–Kier alpha value is -0.970. The highest BCUT2D eigenvalue weighted by Gasteiger charge is 2.54. The van der Waals surface area contributed by atoms with E-state index >= 15 is 0 Å². The molecule has 2 amide bonds. The van der Waals surface area contributed by atoms with Crippen LogP contribution in [0.3, 0.4) is 0 Å². The minimum absolute atomic E-state index is 0.0382. The van der Waals surface area contributed by atoms with Crippen molar-refractivity contribution in [1.29, 1.82) is 0 Å². The number of hydrogen-bond donors (Lipinski definition) is 1. The van der Waals surface area contributed by atoms with Crippen LogP contribution < -0.4 is 5.73 Å². The number of nitrogens with zero attached hydrogens (tertiary/aromatic N) is 1. The molecule has 1 saturated carbocycles. The van der Waals surface area contributed by atoms with Crippen LogP contribution in [-0.4, -0.2) is 27.7 Å². The van der Waals surface area contributed by atoms with Crippen molar-refractivity contribution in [2.75, 3.05) is 0 Å². The molecule has 0 radical (unpaired) electrons. The Morgan fingerprint density at radius 3 is 2.32 bits per heavy atom. The van der Waals surface area contributed by atoms with Crippen molar-refractivity contribution in [2.24, 2.45) is 17.1 Å². The lowest BCUT2D eigenvalue weighted by Crippen LogP contribution is -2.51. The molecule has 0 aromatic heterocycles. The Balaban J connectivity index is 2.29. The zero-order valence-electron chi connectivity index (χ0n) is 11.6. The maximum absolute atomic E-state index is 12.7. The van der Waals surface area contributed by atoms with Crippen molar-refractivity contribution in [3.05, 3.63) is 0 Å². The van der Waals surface area contributed by atoms with Gasteiger partial charge in [-0.25, -0.2) is 0 Å². The van der Waals surface area contributed by atoms with Crippen molar-refractivity contribution >= 4 is 29.0 Å². The third-order valence-corrected chi connectivity index (χ3v) is 4.68. The van der Waals surface area contributed by atoms with Gasteiger partial charge in [-0.1, -0.05) is 45.3 Å². The molecule has 0 bridgehead atoms. The zero-order chi connectivity index (χ0) is 14.2. The highest BCUT2D eigenvalue weighted by molar-refractivity contribution is 7.80. The molecule has 2 N–H and O–H groups in total. The molecule has 1 heterocycles. The fourth-order valence-corrected chi connectivity index (χ4v) is 3.85. The summed E-state index contributed by atoms with van der Waals surface area (Å²) in [6.07, 6.45) is 5.23. The second kappa shape index (κ2) is 5.19. The van der Waals surface area contributed by atoms with E-state index in [0.717, 1.165) is 32.1 Å². The summed E-state index contributed by atoms with van der Waals surface area (Å²) in [5.74, 6) is -0.0776. The van der Waals surface area contributed by atoms with E-state index in [2.05, 4.69) is 0 Å². The number of carbonyl (C=O) groups is 2. The van der Waals surface area contributed by atoms with E-state index in [-0.39, 0.29) is 22.7 Å². The van der Waals surface area contributed by atoms with E-state index < -0.39 is 11.5 Å². The lowest BCUT2D eigenvalue weighted by Gasteiger charge is -2.33. The first kappa shape index (κ1) is 14.4. The van der Waals surface area contributed by atoms with Crippen LogP contribution in [0, 0.1) is 11.3 Å². The maximum atomic E-state index is 12.7. The highest BCUT2D eigenvalue weighted by atomic mass is 32.1. The van der Waals surface area contributed by atoms with E-state index in [0.29, 0.717) is 6.42 Å². The number of hydrogen-bond acceptors (Lipinski definition) is 3. The van der Waals surface area contributed by atoms with E-state index in [9.17, 15) is 9.59 Å². The van der Waals surface area contributed by atoms with Gasteiger partial charge in [0.2, 0.25) is 11.8 Å². The second-order valence-corrected chi connectivity index (χ2v) is 6.65. The maximum Gasteiger partial charge on any atom is 0.236 e. The second-order valence-electron chi connectivity index (χ2n) is 6.18.